The van der Waals surface area contributed by atoms with Gasteiger partial charge in [-0.2, -0.15) is 0 Å². The minimum Gasteiger partial charge on any atom is -0.314 e. The Balaban J connectivity index is 0.00000180. The molecule has 2 N–H and O–H groups in total. The molecule has 1 aliphatic rings. The van der Waals surface area contributed by atoms with Crippen molar-refractivity contribution in [3.63, 3.8) is 0 Å². The summed E-state index contributed by atoms with van der Waals surface area (Å²) >= 11 is 1.61. The van der Waals surface area contributed by atoms with Gasteiger partial charge in [-0.1, -0.05) is 6.07 Å². The summed E-state index contributed by atoms with van der Waals surface area (Å²) in [7, 11) is -3.15. The molecule has 2 heterocycles. The molecule has 19 heavy (non-hydrogen) atoms. The lowest BCUT2D eigenvalue weighted by atomic mass is 10.0. The molecule has 1 saturated heterocycles. The van der Waals surface area contributed by atoms with E-state index in [0.717, 1.165) is 24.3 Å². The molecular weight excluding hydrogens is 304 g/mol. The van der Waals surface area contributed by atoms with Crippen molar-refractivity contribution in [2.75, 3.05) is 12.3 Å². The molecule has 0 bridgehead atoms. The standard InChI is InChI=1S/C12H20N2O2S2.ClH/c1-10-9-11(4-6-13-10)14-18(15,16)8-5-12-3-2-7-17-12;/h2-3,7,10-11,13-14H,4-6,8-9H2,1H3;1H. The van der Waals surface area contributed by atoms with E-state index in [0.29, 0.717) is 12.5 Å². The highest BCUT2D eigenvalue weighted by atomic mass is 35.5. The Morgan fingerprint density at radius 2 is 2.32 bits per heavy atom. The fourth-order valence-corrected chi connectivity index (χ4v) is 4.41. The normalized spacial score (nSPS) is 23.8. The van der Waals surface area contributed by atoms with Crippen LogP contribution in [-0.2, 0) is 16.4 Å². The molecule has 1 aliphatic heterocycles. The molecule has 2 unspecified atom stereocenters. The fraction of sp³-hybridized carbons (Fsp3) is 0.667. The molecule has 0 aliphatic carbocycles. The van der Waals surface area contributed by atoms with Crippen molar-refractivity contribution in [2.24, 2.45) is 0 Å². The molecule has 0 spiro atoms. The van der Waals surface area contributed by atoms with Crippen molar-refractivity contribution in [1.82, 2.24) is 10.0 Å². The third-order valence-electron chi connectivity index (χ3n) is 3.17. The highest BCUT2D eigenvalue weighted by molar-refractivity contribution is 7.89. The summed E-state index contributed by atoms with van der Waals surface area (Å²) in [5.41, 5.74) is 0. The Bertz CT molecular complexity index is 462. The molecule has 1 fully saturated rings. The number of piperidine rings is 1. The monoisotopic (exact) mass is 324 g/mol. The molecule has 4 nitrogen and oxygen atoms in total. The van der Waals surface area contributed by atoms with Gasteiger partial charge >= 0.3 is 0 Å². The first kappa shape index (κ1) is 16.9. The van der Waals surface area contributed by atoms with Crippen molar-refractivity contribution in [3.05, 3.63) is 22.4 Å². The largest absolute Gasteiger partial charge is 0.314 e. The number of hydrogen-bond donors (Lipinski definition) is 2. The minimum absolute atomic E-state index is 0. The van der Waals surface area contributed by atoms with Gasteiger partial charge < -0.3 is 5.32 Å². The highest BCUT2D eigenvalue weighted by Gasteiger charge is 2.22. The molecule has 7 heteroatoms. The molecular formula is C12H21ClN2O2S2. The zero-order valence-corrected chi connectivity index (χ0v) is 13.4. The van der Waals surface area contributed by atoms with Gasteiger partial charge in [0.15, 0.2) is 0 Å². The maximum absolute atomic E-state index is 12.0. The van der Waals surface area contributed by atoms with Crippen LogP contribution >= 0.6 is 23.7 Å². The molecule has 2 rings (SSSR count). The third kappa shape index (κ3) is 5.79. The van der Waals surface area contributed by atoms with Gasteiger partial charge in [0.05, 0.1) is 5.75 Å². The first-order valence-corrected chi connectivity index (χ1v) is 8.84. The highest BCUT2D eigenvalue weighted by Crippen LogP contribution is 2.12. The van der Waals surface area contributed by atoms with Crippen LogP contribution in [0.5, 0.6) is 0 Å². The van der Waals surface area contributed by atoms with Crippen LogP contribution < -0.4 is 10.0 Å². The Kier molecular flexibility index (Phi) is 6.76. The number of aryl methyl sites for hydroxylation is 1. The lowest BCUT2D eigenvalue weighted by Crippen LogP contribution is -2.47. The van der Waals surface area contributed by atoms with Crippen LogP contribution in [0, 0.1) is 0 Å². The van der Waals surface area contributed by atoms with Crippen LogP contribution in [0.3, 0.4) is 0 Å². The minimum atomic E-state index is -3.15. The van der Waals surface area contributed by atoms with E-state index in [2.05, 4.69) is 17.0 Å². The SMILES string of the molecule is CC1CC(NS(=O)(=O)CCc2cccs2)CCN1.Cl. The van der Waals surface area contributed by atoms with Crippen LogP contribution in [0.15, 0.2) is 17.5 Å². The summed E-state index contributed by atoms with van der Waals surface area (Å²) in [4.78, 5) is 1.12. The Morgan fingerprint density at radius 3 is 2.95 bits per heavy atom. The smallest absolute Gasteiger partial charge is 0.212 e. The number of halogens is 1. The molecule has 110 valence electrons. The molecule has 0 saturated carbocycles. The summed E-state index contributed by atoms with van der Waals surface area (Å²) in [5, 5.41) is 5.29. The first-order chi connectivity index (χ1) is 8.55. The van der Waals surface area contributed by atoms with Gasteiger partial charge in [-0.25, -0.2) is 13.1 Å². The Hall–Kier alpha value is -0.140. The molecule has 2 atom stereocenters. The zero-order chi connectivity index (χ0) is 13.0. The van der Waals surface area contributed by atoms with E-state index in [4.69, 9.17) is 0 Å². The van der Waals surface area contributed by atoms with Gasteiger partial charge in [0, 0.05) is 17.0 Å². The second-order valence-corrected chi connectivity index (χ2v) is 7.75. The summed E-state index contributed by atoms with van der Waals surface area (Å²) in [6.07, 6.45) is 2.36. The van der Waals surface area contributed by atoms with Gasteiger partial charge in [0.25, 0.3) is 0 Å². The van der Waals surface area contributed by atoms with Gasteiger partial charge in [0.1, 0.15) is 0 Å². The maximum atomic E-state index is 12.0. The van der Waals surface area contributed by atoms with Gasteiger partial charge in [-0.15, -0.1) is 23.7 Å². The van der Waals surface area contributed by atoms with E-state index in [1.807, 2.05) is 17.5 Å². The van der Waals surface area contributed by atoms with E-state index in [1.54, 1.807) is 11.3 Å². The van der Waals surface area contributed by atoms with Crippen molar-refractivity contribution >= 4 is 33.8 Å². The van der Waals surface area contributed by atoms with Crippen molar-refractivity contribution in [2.45, 2.75) is 38.3 Å². The number of nitrogens with one attached hydrogen (secondary N) is 2. The summed E-state index contributed by atoms with van der Waals surface area (Å²) in [6, 6.07) is 4.42. The molecule has 1 aromatic rings. The second-order valence-electron chi connectivity index (χ2n) is 4.84. The van der Waals surface area contributed by atoms with Crippen LogP contribution in [0.4, 0.5) is 0 Å². The van der Waals surface area contributed by atoms with Crippen molar-refractivity contribution in [1.29, 1.82) is 0 Å². The number of thiophene rings is 1. The van der Waals surface area contributed by atoms with Crippen LogP contribution in [-0.4, -0.2) is 32.8 Å². The number of hydrogen-bond acceptors (Lipinski definition) is 4. The first-order valence-electron chi connectivity index (χ1n) is 6.31. The van der Waals surface area contributed by atoms with Crippen LogP contribution in [0.1, 0.15) is 24.6 Å². The van der Waals surface area contributed by atoms with E-state index in [9.17, 15) is 8.42 Å². The fourth-order valence-electron chi connectivity index (χ4n) is 2.24. The van der Waals surface area contributed by atoms with Crippen molar-refractivity contribution in [3.8, 4) is 0 Å². The summed E-state index contributed by atoms with van der Waals surface area (Å²) in [6.45, 7) is 2.98. The van der Waals surface area contributed by atoms with Gasteiger partial charge in [-0.05, 0) is 44.2 Å². The summed E-state index contributed by atoms with van der Waals surface area (Å²) in [5.74, 6) is 0.186. The van der Waals surface area contributed by atoms with E-state index >= 15 is 0 Å². The van der Waals surface area contributed by atoms with Gasteiger partial charge in [0.2, 0.25) is 10.0 Å². The predicted octanol–water partition coefficient (Wildman–Crippen LogP) is 1.77. The molecule has 0 aromatic carbocycles. The van der Waals surface area contributed by atoms with E-state index in [1.165, 1.54) is 0 Å². The maximum Gasteiger partial charge on any atom is 0.212 e. The predicted molar refractivity (Wildman–Crippen MR) is 82.7 cm³/mol. The second kappa shape index (κ2) is 7.59. The number of rotatable bonds is 5. The molecule has 0 radical (unpaired) electrons. The molecule has 1 aromatic heterocycles. The zero-order valence-electron chi connectivity index (χ0n) is 11.0. The van der Waals surface area contributed by atoms with Crippen LogP contribution in [0.25, 0.3) is 0 Å². The Labute approximate surface area is 125 Å². The summed E-state index contributed by atoms with van der Waals surface area (Å²) < 4.78 is 26.8. The Morgan fingerprint density at radius 1 is 1.53 bits per heavy atom. The van der Waals surface area contributed by atoms with Gasteiger partial charge in [-0.3, -0.25) is 0 Å². The van der Waals surface area contributed by atoms with E-state index in [-0.39, 0.29) is 24.2 Å². The quantitative estimate of drug-likeness (QED) is 0.868. The molecule has 0 amide bonds. The average molecular weight is 325 g/mol. The van der Waals surface area contributed by atoms with Crippen molar-refractivity contribution < 1.29 is 8.42 Å². The third-order valence-corrected chi connectivity index (χ3v) is 5.54. The topological polar surface area (TPSA) is 58.2 Å². The van der Waals surface area contributed by atoms with E-state index < -0.39 is 10.0 Å². The lowest BCUT2D eigenvalue weighted by Gasteiger charge is -2.28. The lowest BCUT2D eigenvalue weighted by molar-refractivity contribution is 0.361. The number of sulfonamides is 1. The van der Waals surface area contributed by atoms with Crippen LogP contribution in [0.2, 0.25) is 0 Å². The average Bonchev–Trinajstić information content (AvgIpc) is 2.78.